The van der Waals surface area contributed by atoms with Gasteiger partial charge in [0, 0.05) is 6.20 Å². The largest absolute Gasteiger partial charge is 0.345 e. The van der Waals surface area contributed by atoms with Crippen LogP contribution in [0.1, 0.15) is 15.4 Å². The van der Waals surface area contributed by atoms with E-state index in [4.69, 9.17) is 0 Å². The molecular formula is C14H10BrN3O2S. The van der Waals surface area contributed by atoms with E-state index < -0.39 is 0 Å². The van der Waals surface area contributed by atoms with Crippen LogP contribution in [0.15, 0.2) is 45.8 Å². The van der Waals surface area contributed by atoms with Crippen molar-refractivity contribution in [1.29, 1.82) is 0 Å². The first-order valence-corrected chi connectivity index (χ1v) is 7.75. The highest BCUT2D eigenvalue weighted by Crippen LogP contribution is 2.21. The summed E-state index contributed by atoms with van der Waals surface area (Å²) in [5, 5.41) is 3.63. The van der Waals surface area contributed by atoms with Crippen LogP contribution in [0, 0.1) is 0 Å². The van der Waals surface area contributed by atoms with E-state index in [1.165, 1.54) is 12.3 Å². The molecule has 3 rings (SSSR count). The van der Waals surface area contributed by atoms with E-state index in [2.05, 4.69) is 31.2 Å². The molecule has 0 aliphatic carbocycles. The van der Waals surface area contributed by atoms with Crippen molar-refractivity contribution in [2.24, 2.45) is 0 Å². The highest BCUT2D eigenvalue weighted by molar-refractivity contribution is 9.10. The predicted octanol–water partition coefficient (Wildman–Crippen LogP) is 2.68. The number of carbonyl (C=O) groups is 1. The van der Waals surface area contributed by atoms with Gasteiger partial charge in [-0.15, -0.1) is 11.3 Å². The average Bonchev–Trinajstić information content (AvgIpc) is 2.90. The molecule has 0 unspecified atom stereocenters. The van der Waals surface area contributed by atoms with Crippen molar-refractivity contribution in [3.63, 3.8) is 0 Å². The van der Waals surface area contributed by atoms with Crippen LogP contribution < -0.4 is 10.9 Å². The molecule has 7 heteroatoms. The molecule has 0 spiro atoms. The van der Waals surface area contributed by atoms with Gasteiger partial charge < -0.3 is 10.3 Å². The summed E-state index contributed by atoms with van der Waals surface area (Å²) in [5.41, 5.74) is 1.05. The Balaban J connectivity index is 1.73. The van der Waals surface area contributed by atoms with Crippen LogP contribution in [-0.4, -0.2) is 15.9 Å². The maximum Gasteiger partial charge on any atom is 0.262 e. The Labute approximate surface area is 132 Å². The SMILES string of the molecule is O=C(NCc1nc2ccccc2s1)c1c[nH]c(=O)c(Br)c1. The maximum absolute atomic E-state index is 12.0. The molecule has 2 aromatic heterocycles. The summed E-state index contributed by atoms with van der Waals surface area (Å²) < 4.78 is 1.42. The summed E-state index contributed by atoms with van der Waals surface area (Å²) in [5.74, 6) is -0.258. The molecule has 0 saturated carbocycles. The van der Waals surface area contributed by atoms with E-state index in [0.29, 0.717) is 16.6 Å². The number of amides is 1. The maximum atomic E-state index is 12.0. The third-order valence-corrected chi connectivity index (χ3v) is 4.48. The Hall–Kier alpha value is -1.99. The zero-order valence-corrected chi connectivity index (χ0v) is 13.1. The Morgan fingerprint density at radius 3 is 2.95 bits per heavy atom. The first-order valence-electron chi connectivity index (χ1n) is 6.14. The van der Waals surface area contributed by atoms with Gasteiger partial charge in [0.15, 0.2) is 0 Å². The molecule has 0 aliphatic rings. The average molecular weight is 364 g/mol. The first kappa shape index (κ1) is 14.0. The summed E-state index contributed by atoms with van der Waals surface area (Å²) in [6, 6.07) is 9.32. The number of aromatic nitrogens is 2. The van der Waals surface area contributed by atoms with Crippen molar-refractivity contribution >= 4 is 43.4 Å². The van der Waals surface area contributed by atoms with Gasteiger partial charge in [-0.1, -0.05) is 12.1 Å². The Bertz CT molecular complexity index is 839. The first-order chi connectivity index (χ1) is 10.1. The lowest BCUT2D eigenvalue weighted by molar-refractivity contribution is 0.0950. The smallest absolute Gasteiger partial charge is 0.262 e. The third kappa shape index (κ3) is 3.03. The van der Waals surface area contributed by atoms with E-state index >= 15 is 0 Å². The highest BCUT2D eigenvalue weighted by Gasteiger charge is 2.09. The Morgan fingerprint density at radius 1 is 1.38 bits per heavy atom. The number of benzene rings is 1. The van der Waals surface area contributed by atoms with Crippen molar-refractivity contribution in [2.75, 3.05) is 0 Å². The molecule has 0 saturated heterocycles. The van der Waals surface area contributed by atoms with Gasteiger partial charge in [-0.25, -0.2) is 4.98 Å². The summed E-state index contributed by atoms with van der Waals surface area (Å²) in [4.78, 5) is 30.2. The second kappa shape index (κ2) is 5.79. The van der Waals surface area contributed by atoms with Gasteiger partial charge in [-0.3, -0.25) is 9.59 Å². The van der Waals surface area contributed by atoms with Crippen LogP contribution in [0.5, 0.6) is 0 Å². The second-order valence-electron chi connectivity index (χ2n) is 4.32. The lowest BCUT2D eigenvalue weighted by Gasteiger charge is -2.03. The molecule has 0 aliphatic heterocycles. The predicted molar refractivity (Wildman–Crippen MR) is 85.6 cm³/mol. The molecule has 2 heterocycles. The molecule has 0 fully saturated rings. The number of nitrogens with one attached hydrogen (secondary N) is 2. The van der Waals surface area contributed by atoms with E-state index in [-0.39, 0.29) is 11.5 Å². The number of carbonyl (C=O) groups excluding carboxylic acids is 1. The number of aromatic amines is 1. The van der Waals surface area contributed by atoms with E-state index in [0.717, 1.165) is 15.2 Å². The van der Waals surface area contributed by atoms with Crippen molar-refractivity contribution < 1.29 is 4.79 Å². The molecule has 0 atom stereocenters. The minimum atomic E-state index is -0.266. The molecule has 2 N–H and O–H groups in total. The number of halogens is 1. The Morgan fingerprint density at radius 2 is 2.19 bits per heavy atom. The quantitative estimate of drug-likeness (QED) is 0.750. The minimum absolute atomic E-state index is 0.258. The normalized spacial score (nSPS) is 10.7. The summed E-state index contributed by atoms with van der Waals surface area (Å²) in [6.45, 7) is 0.356. The number of rotatable bonds is 3. The summed E-state index contributed by atoms with van der Waals surface area (Å²) in [6.07, 6.45) is 1.39. The Kier molecular flexibility index (Phi) is 3.85. The minimum Gasteiger partial charge on any atom is -0.345 e. The standard InChI is InChI=1S/C14H10BrN3O2S/c15-9-5-8(6-16-14(9)20)13(19)17-7-12-18-10-3-1-2-4-11(10)21-12/h1-6H,7H2,(H,16,20)(H,17,19). The third-order valence-electron chi connectivity index (χ3n) is 2.86. The van der Waals surface area contributed by atoms with Crippen molar-refractivity contribution in [3.05, 3.63) is 61.9 Å². The molecule has 21 heavy (non-hydrogen) atoms. The van der Waals surface area contributed by atoms with E-state index in [1.54, 1.807) is 11.3 Å². The lowest BCUT2D eigenvalue weighted by atomic mass is 10.3. The van der Waals surface area contributed by atoms with Crippen molar-refractivity contribution in [1.82, 2.24) is 15.3 Å². The highest BCUT2D eigenvalue weighted by atomic mass is 79.9. The zero-order valence-electron chi connectivity index (χ0n) is 10.7. The van der Waals surface area contributed by atoms with Crippen LogP contribution in [0.25, 0.3) is 10.2 Å². The van der Waals surface area contributed by atoms with Gasteiger partial charge in [0.2, 0.25) is 0 Å². The fourth-order valence-corrected chi connectivity index (χ4v) is 3.11. The van der Waals surface area contributed by atoms with Crippen LogP contribution >= 0.6 is 27.3 Å². The molecule has 5 nitrogen and oxygen atoms in total. The van der Waals surface area contributed by atoms with Gasteiger partial charge in [0.05, 0.1) is 26.8 Å². The van der Waals surface area contributed by atoms with Crippen molar-refractivity contribution in [3.8, 4) is 0 Å². The molecule has 0 radical (unpaired) electrons. The van der Waals surface area contributed by atoms with Gasteiger partial charge >= 0.3 is 0 Å². The molecule has 3 aromatic rings. The molecule has 1 amide bonds. The number of fused-ring (bicyclic) bond motifs is 1. The lowest BCUT2D eigenvalue weighted by Crippen LogP contribution is -2.24. The van der Waals surface area contributed by atoms with E-state index in [1.807, 2.05) is 24.3 Å². The molecule has 1 aromatic carbocycles. The number of nitrogens with zero attached hydrogens (tertiary/aromatic N) is 1. The van der Waals surface area contributed by atoms with Crippen LogP contribution in [0.2, 0.25) is 0 Å². The summed E-state index contributed by atoms with van der Waals surface area (Å²) >= 11 is 4.65. The van der Waals surface area contributed by atoms with Gasteiger partial charge in [0.1, 0.15) is 5.01 Å². The fourth-order valence-electron chi connectivity index (χ4n) is 1.84. The molecule has 0 bridgehead atoms. The monoisotopic (exact) mass is 363 g/mol. The van der Waals surface area contributed by atoms with Crippen molar-refractivity contribution in [2.45, 2.75) is 6.54 Å². The molecule has 106 valence electrons. The number of thiazole rings is 1. The zero-order chi connectivity index (χ0) is 14.8. The number of hydrogen-bond acceptors (Lipinski definition) is 4. The van der Waals surface area contributed by atoms with Gasteiger partial charge in [-0.05, 0) is 34.1 Å². The number of hydrogen-bond donors (Lipinski definition) is 2. The molecular weight excluding hydrogens is 354 g/mol. The topological polar surface area (TPSA) is 74.8 Å². The van der Waals surface area contributed by atoms with Gasteiger partial charge in [-0.2, -0.15) is 0 Å². The second-order valence-corrected chi connectivity index (χ2v) is 6.29. The number of H-pyrrole nitrogens is 1. The van der Waals surface area contributed by atoms with Gasteiger partial charge in [0.25, 0.3) is 11.5 Å². The number of pyridine rings is 1. The van der Waals surface area contributed by atoms with Crippen LogP contribution in [0.4, 0.5) is 0 Å². The van der Waals surface area contributed by atoms with Crippen LogP contribution in [-0.2, 0) is 6.54 Å². The van der Waals surface area contributed by atoms with E-state index in [9.17, 15) is 9.59 Å². The number of para-hydroxylation sites is 1. The van der Waals surface area contributed by atoms with Crippen LogP contribution in [0.3, 0.4) is 0 Å². The fraction of sp³-hybridized carbons (Fsp3) is 0.0714. The summed E-state index contributed by atoms with van der Waals surface area (Å²) in [7, 11) is 0.